The number of hydrogen-bond donors (Lipinski definition) is 1. The molecule has 1 aromatic rings. The fourth-order valence-electron chi connectivity index (χ4n) is 1.98. The zero-order valence-electron chi connectivity index (χ0n) is 9.88. The Bertz CT molecular complexity index is 399. The van der Waals surface area contributed by atoms with Gasteiger partial charge in [-0.15, -0.1) is 0 Å². The van der Waals surface area contributed by atoms with Crippen LogP contribution in [0.3, 0.4) is 0 Å². The largest absolute Gasteiger partial charge is 0.404 e. The van der Waals surface area contributed by atoms with Crippen molar-refractivity contribution in [2.24, 2.45) is 0 Å². The smallest absolute Gasteiger partial charge is 0.384 e. The maximum Gasteiger partial charge on any atom is 0.404 e. The maximum atomic E-state index is 13.2. The van der Waals surface area contributed by atoms with Crippen molar-refractivity contribution in [1.29, 1.82) is 0 Å². The molecule has 0 radical (unpaired) electrons. The highest BCUT2D eigenvalue weighted by Crippen LogP contribution is 2.44. The summed E-state index contributed by atoms with van der Waals surface area (Å²) in [5, 5.41) is 6.26. The molecule has 2 rings (SSSR count). The van der Waals surface area contributed by atoms with Crippen molar-refractivity contribution in [1.82, 2.24) is 15.5 Å². The van der Waals surface area contributed by atoms with Gasteiger partial charge in [0, 0.05) is 20.1 Å². The molecule has 0 spiro atoms. The van der Waals surface area contributed by atoms with Crippen molar-refractivity contribution in [3.05, 3.63) is 11.7 Å². The summed E-state index contributed by atoms with van der Waals surface area (Å²) in [6.07, 6.45) is -4.15. The van der Waals surface area contributed by atoms with Gasteiger partial charge < -0.3 is 14.6 Å². The fourth-order valence-corrected chi connectivity index (χ4v) is 1.98. The molecule has 5 nitrogen and oxygen atoms in total. The lowest BCUT2D eigenvalue weighted by molar-refractivity contribution is -0.191. The number of hydrogen-bond acceptors (Lipinski definition) is 5. The van der Waals surface area contributed by atoms with E-state index < -0.39 is 11.6 Å². The summed E-state index contributed by atoms with van der Waals surface area (Å²) in [5.41, 5.74) is -2.05. The molecule has 1 atom stereocenters. The third-order valence-corrected chi connectivity index (χ3v) is 3.11. The number of methoxy groups -OCH3 is 1. The molecule has 0 aliphatic carbocycles. The number of halogens is 3. The highest BCUT2D eigenvalue weighted by atomic mass is 19.4. The van der Waals surface area contributed by atoms with Crippen LogP contribution in [0.5, 0.6) is 0 Å². The minimum absolute atomic E-state index is 0.0809. The van der Waals surface area contributed by atoms with E-state index in [4.69, 9.17) is 9.26 Å². The predicted molar refractivity (Wildman–Crippen MR) is 55.1 cm³/mol. The van der Waals surface area contributed by atoms with Crippen LogP contribution in [-0.2, 0) is 16.6 Å². The molecule has 1 fully saturated rings. The van der Waals surface area contributed by atoms with E-state index in [1.807, 2.05) is 0 Å². The standard InChI is InChI=1S/C10H14F3N3O2/c1-17-5-2-7-15-8(18-16-7)9(10(11,12)13)3-4-14-6-9/h14H,2-6H2,1H3. The highest BCUT2D eigenvalue weighted by molar-refractivity contribution is 5.14. The van der Waals surface area contributed by atoms with Crippen molar-refractivity contribution in [2.75, 3.05) is 26.8 Å². The number of ether oxygens (including phenoxy) is 1. The summed E-state index contributed by atoms with van der Waals surface area (Å²) in [5.74, 6) is -0.117. The highest BCUT2D eigenvalue weighted by Gasteiger charge is 2.61. The number of alkyl halides is 3. The van der Waals surface area contributed by atoms with Gasteiger partial charge in [-0.2, -0.15) is 18.2 Å². The van der Waals surface area contributed by atoms with Crippen LogP contribution in [0, 0.1) is 0 Å². The topological polar surface area (TPSA) is 60.2 Å². The number of nitrogens with one attached hydrogen (secondary N) is 1. The number of rotatable bonds is 4. The van der Waals surface area contributed by atoms with Crippen LogP contribution in [0.2, 0.25) is 0 Å². The average molecular weight is 265 g/mol. The Balaban J connectivity index is 2.24. The summed E-state index contributed by atoms with van der Waals surface area (Å²) in [4.78, 5) is 3.85. The SMILES string of the molecule is COCCc1noc(C2(C(F)(F)F)CCNC2)n1. The number of nitrogens with zero attached hydrogens (tertiary/aromatic N) is 2. The van der Waals surface area contributed by atoms with E-state index in [9.17, 15) is 13.2 Å². The van der Waals surface area contributed by atoms with Crippen molar-refractivity contribution in [3.63, 3.8) is 0 Å². The van der Waals surface area contributed by atoms with Crippen molar-refractivity contribution in [3.8, 4) is 0 Å². The third-order valence-electron chi connectivity index (χ3n) is 3.11. The minimum Gasteiger partial charge on any atom is -0.384 e. The van der Waals surface area contributed by atoms with Crippen LogP contribution in [0.25, 0.3) is 0 Å². The first kappa shape index (κ1) is 13.3. The first-order valence-corrected chi connectivity index (χ1v) is 5.59. The fraction of sp³-hybridized carbons (Fsp3) is 0.800. The van der Waals surface area contributed by atoms with Gasteiger partial charge in [-0.1, -0.05) is 5.16 Å². The molecule has 1 aliphatic heterocycles. The molecule has 0 bridgehead atoms. The quantitative estimate of drug-likeness (QED) is 0.881. The van der Waals surface area contributed by atoms with Crippen LogP contribution in [0.15, 0.2) is 4.52 Å². The predicted octanol–water partition coefficient (Wildman–Crippen LogP) is 1.05. The molecule has 1 unspecified atom stereocenters. The van der Waals surface area contributed by atoms with Gasteiger partial charge in [0.05, 0.1) is 6.61 Å². The van der Waals surface area contributed by atoms with Crippen LogP contribution in [0.1, 0.15) is 18.1 Å². The second-order valence-electron chi connectivity index (χ2n) is 4.27. The Morgan fingerprint density at radius 1 is 1.50 bits per heavy atom. The van der Waals surface area contributed by atoms with E-state index in [2.05, 4.69) is 15.5 Å². The Hall–Kier alpha value is -1.15. The van der Waals surface area contributed by atoms with Crippen LogP contribution in [0.4, 0.5) is 13.2 Å². The Kier molecular flexibility index (Phi) is 3.58. The molecule has 1 aliphatic rings. The van der Waals surface area contributed by atoms with Gasteiger partial charge in [-0.05, 0) is 13.0 Å². The molecule has 2 heterocycles. The summed E-state index contributed by atoms with van der Waals surface area (Å²) in [7, 11) is 1.50. The van der Waals surface area contributed by atoms with E-state index >= 15 is 0 Å². The second kappa shape index (κ2) is 4.85. The summed E-state index contributed by atoms with van der Waals surface area (Å²) < 4.78 is 49.1. The Labute approximate surface area is 102 Å². The molecular weight excluding hydrogens is 251 g/mol. The molecule has 8 heteroatoms. The van der Waals surface area contributed by atoms with Gasteiger partial charge >= 0.3 is 6.18 Å². The van der Waals surface area contributed by atoms with Crippen molar-refractivity contribution < 1.29 is 22.4 Å². The zero-order chi connectivity index (χ0) is 13.2. The van der Waals surface area contributed by atoms with Crippen LogP contribution in [-0.4, -0.2) is 43.1 Å². The molecule has 0 amide bonds. The van der Waals surface area contributed by atoms with Gasteiger partial charge in [0.15, 0.2) is 11.2 Å². The molecule has 1 aromatic heterocycles. The van der Waals surface area contributed by atoms with Gasteiger partial charge in [0.25, 0.3) is 0 Å². The molecule has 1 N–H and O–H groups in total. The maximum absolute atomic E-state index is 13.2. The van der Waals surface area contributed by atoms with Gasteiger partial charge in [-0.25, -0.2) is 0 Å². The number of aromatic nitrogens is 2. The summed E-state index contributed by atoms with van der Waals surface area (Å²) in [6.45, 7) is 0.411. The molecular formula is C10H14F3N3O2. The molecule has 18 heavy (non-hydrogen) atoms. The van der Waals surface area contributed by atoms with E-state index in [1.54, 1.807) is 0 Å². The lowest BCUT2D eigenvalue weighted by Crippen LogP contribution is -2.44. The molecule has 0 saturated carbocycles. The lowest BCUT2D eigenvalue weighted by atomic mass is 9.86. The normalized spacial score (nSPS) is 24.7. The summed E-state index contributed by atoms with van der Waals surface area (Å²) >= 11 is 0. The van der Waals surface area contributed by atoms with Gasteiger partial charge in [0.2, 0.25) is 5.89 Å². The molecule has 1 saturated heterocycles. The van der Waals surface area contributed by atoms with Crippen molar-refractivity contribution in [2.45, 2.75) is 24.4 Å². The summed E-state index contributed by atoms with van der Waals surface area (Å²) in [6, 6.07) is 0. The Morgan fingerprint density at radius 3 is 2.83 bits per heavy atom. The van der Waals surface area contributed by atoms with Crippen LogP contribution < -0.4 is 5.32 Å². The monoisotopic (exact) mass is 265 g/mol. The van der Waals surface area contributed by atoms with E-state index in [-0.39, 0.29) is 31.2 Å². The van der Waals surface area contributed by atoms with Crippen molar-refractivity contribution >= 4 is 0 Å². The third kappa shape index (κ3) is 2.22. The van der Waals surface area contributed by atoms with E-state index in [0.29, 0.717) is 13.0 Å². The van der Waals surface area contributed by atoms with Gasteiger partial charge in [-0.3, -0.25) is 0 Å². The van der Waals surface area contributed by atoms with E-state index in [1.165, 1.54) is 7.11 Å². The minimum atomic E-state index is -4.40. The Morgan fingerprint density at radius 2 is 2.28 bits per heavy atom. The van der Waals surface area contributed by atoms with Crippen LogP contribution >= 0.6 is 0 Å². The lowest BCUT2D eigenvalue weighted by Gasteiger charge is -2.26. The molecule has 102 valence electrons. The first-order chi connectivity index (χ1) is 8.49. The zero-order valence-corrected chi connectivity index (χ0v) is 9.88. The average Bonchev–Trinajstić information content (AvgIpc) is 2.94. The second-order valence-corrected chi connectivity index (χ2v) is 4.27. The first-order valence-electron chi connectivity index (χ1n) is 5.59. The van der Waals surface area contributed by atoms with Gasteiger partial charge in [0.1, 0.15) is 0 Å². The van der Waals surface area contributed by atoms with E-state index in [0.717, 1.165) is 0 Å². The molecule has 0 aromatic carbocycles.